The van der Waals surface area contributed by atoms with Gasteiger partial charge in [0.2, 0.25) is 10.0 Å². The van der Waals surface area contributed by atoms with Crippen molar-refractivity contribution in [2.24, 2.45) is 0 Å². The molecule has 9 heteroatoms. The molecule has 1 heterocycles. The molecule has 1 saturated heterocycles. The molecule has 2 aromatic rings. The number of nitrogens with zero attached hydrogens (tertiary/aromatic N) is 1. The third kappa shape index (κ3) is 5.06. The summed E-state index contributed by atoms with van der Waals surface area (Å²) in [6, 6.07) is 9.41. The first-order valence-electron chi connectivity index (χ1n) is 9.77. The van der Waals surface area contributed by atoms with Crippen molar-refractivity contribution in [1.29, 1.82) is 0 Å². The molecule has 0 atom stereocenters. The van der Waals surface area contributed by atoms with Crippen LogP contribution in [0.1, 0.15) is 37.0 Å². The SMILES string of the molecule is COc1ccc(C(=O)Nc2cc(Cl)ccc2N2CCCC2)cc1S(=O)(=O)NC(C)C. The number of nitrogens with one attached hydrogen (secondary N) is 2. The van der Waals surface area contributed by atoms with Crippen molar-refractivity contribution in [3.05, 3.63) is 47.0 Å². The van der Waals surface area contributed by atoms with Crippen LogP contribution in [0.15, 0.2) is 41.3 Å². The second-order valence-electron chi connectivity index (χ2n) is 7.45. The van der Waals surface area contributed by atoms with E-state index in [1.165, 1.54) is 25.3 Å². The molecular weight excluding hydrogens is 426 g/mol. The van der Waals surface area contributed by atoms with E-state index in [0.717, 1.165) is 31.6 Å². The van der Waals surface area contributed by atoms with Crippen molar-refractivity contribution in [3.63, 3.8) is 0 Å². The van der Waals surface area contributed by atoms with Crippen LogP contribution < -0.4 is 19.7 Å². The van der Waals surface area contributed by atoms with Gasteiger partial charge in [0, 0.05) is 29.7 Å². The average Bonchev–Trinajstić information content (AvgIpc) is 3.21. The van der Waals surface area contributed by atoms with Crippen LogP contribution in [0.5, 0.6) is 5.75 Å². The highest BCUT2D eigenvalue weighted by atomic mass is 35.5. The zero-order chi connectivity index (χ0) is 21.9. The third-order valence-electron chi connectivity index (χ3n) is 4.76. The van der Waals surface area contributed by atoms with Gasteiger partial charge in [-0.25, -0.2) is 13.1 Å². The van der Waals surface area contributed by atoms with E-state index in [4.69, 9.17) is 16.3 Å². The molecule has 0 aromatic heterocycles. The molecule has 0 radical (unpaired) electrons. The van der Waals surface area contributed by atoms with Gasteiger partial charge >= 0.3 is 0 Å². The Hall–Kier alpha value is -2.29. The van der Waals surface area contributed by atoms with Gasteiger partial charge in [0.05, 0.1) is 18.5 Å². The number of anilines is 2. The highest BCUT2D eigenvalue weighted by molar-refractivity contribution is 7.89. The summed E-state index contributed by atoms with van der Waals surface area (Å²) in [6.45, 7) is 5.27. The summed E-state index contributed by atoms with van der Waals surface area (Å²) < 4.78 is 33.1. The molecule has 1 fully saturated rings. The van der Waals surface area contributed by atoms with Crippen molar-refractivity contribution < 1.29 is 17.9 Å². The fourth-order valence-electron chi connectivity index (χ4n) is 3.44. The Bertz CT molecular complexity index is 1030. The Labute approximate surface area is 182 Å². The van der Waals surface area contributed by atoms with E-state index in [0.29, 0.717) is 10.7 Å². The average molecular weight is 452 g/mol. The largest absolute Gasteiger partial charge is 0.495 e. The number of rotatable bonds is 7. The number of carbonyl (C=O) groups excluding carboxylic acids is 1. The van der Waals surface area contributed by atoms with E-state index in [1.807, 2.05) is 6.07 Å². The van der Waals surface area contributed by atoms with Crippen molar-refractivity contribution >= 4 is 38.9 Å². The van der Waals surface area contributed by atoms with Crippen LogP contribution in [0.3, 0.4) is 0 Å². The van der Waals surface area contributed by atoms with Crippen molar-refractivity contribution in [2.45, 2.75) is 37.6 Å². The summed E-state index contributed by atoms with van der Waals surface area (Å²) in [7, 11) is -2.46. The van der Waals surface area contributed by atoms with Crippen LogP contribution in [0.2, 0.25) is 5.02 Å². The Kier molecular flexibility index (Phi) is 6.90. The number of hydrogen-bond acceptors (Lipinski definition) is 5. The van der Waals surface area contributed by atoms with Gasteiger partial charge in [0.25, 0.3) is 5.91 Å². The summed E-state index contributed by atoms with van der Waals surface area (Å²) in [5, 5.41) is 3.39. The molecule has 0 unspecified atom stereocenters. The summed E-state index contributed by atoms with van der Waals surface area (Å²) in [6.07, 6.45) is 2.19. The van der Waals surface area contributed by atoms with E-state index in [9.17, 15) is 13.2 Å². The fourth-order valence-corrected chi connectivity index (χ4v) is 5.06. The van der Waals surface area contributed by atoms with E-state index in [1.54, 1.807) is 26.0 Å². The number of amides is 1. The molecule has 162 valence electrons. The van der Waals surface area contributed by atoms with Gasteiger partial charge in [0.1, 0.15) is 10.6 Å². The monoisotopic (exact) mass is 451 g/mol. The van der Waals surface area contributed by atoms with Gasteiger partial charge in [-0.05, 0) is 63.1 Å². The normalized spacial score (nSPS) is 14.2. The van der Waals surface area contributed by atoms with Gasteiger partial charge in [0.15, 0.2) is 0 Å². The standard InChI is InChI=1S/C21H26ClN3O4S/c1-14(2)24-30(27,28)20-12-15(6-9-19(20)29-3)21(26)23-17-13-16(22)7-8-18(17)25-10-4-5-11-25/h6-9,12-14,24H,4-5,10-11H2,1-3H3,(H,23,26). The third-order valence-corrected chi connectivity index (χ3v) is 6.67. The topological polar surface area (TPSA) is 87.7 Å². The second-order valence-corrected chi connectivity index (χ2v) is 9.57. The van der Waals surface area contributed by atoms with Crippen LogP contribution in [-0.4, -0.2) is 40.6 Å². The first-order valence-corrected chi connectivity index (χ1v) is 11.6. The molecule has 1 amide bonds. The maximum absolute atomic E-state index is 13.0. The molecule has 2 N–H and O–H groups in total. The van der Waals surface area contributed by atoms with Crippen molar-refractivity contribution in [1.82, 2.24) is 4.72 Å². The quantitative estimate of drug-likeness (QED) is 0.666. The first kappa shape index (κ1) is 22.4. The number of ether oxygens (including phenoxy) is 1. The van der Waals surface area contributed by atoms with Gasteiger partial charge in [-0.3, -0.25) is 4.79 Å². The Morgan fingerprint density at radius 3 is 2.47 bits per heavy atom. The lowest BCUT2D eigenvalue weighted by Crippen LogP contribution is -2.30. The lowest BCUT2D eigenvalue weighted by atomic mass is 10.2. The number of halogens is 1. The molecule has 2 aromatic carbocycles. The Morgan fingerprint density at radius 2 is 1.83 bits per heavy atom. The lowest BCUT2D eigenvalue weighted by molar-refractivity contribution is 0.102. The van der Waals surface area contributed by atoms with Crippen LogP contribution in [-0.2, 0) is 10.0 Å². The minimum atomic E-state index is -3.84. The van der Waals surface area contributed by atoms with Gasteiger partial charge in [-0.2, -0.15) is 0 Å². The minimum Gasteiger partial charge on any atom is -0.495 e. The van der Waals surface area contributed by atoms with Gasteiger partial charge < -0.3 is 15.0 Å². The number of carbonyl (C=O) groups is 1. The van der Waals surface area contributed by atoms with Gasteiger partial charge in [-0.1, -0.05) is 11.6 Å². The molecule has 30 heavy (non-hydrogen) atoms. The molecular formula is C21H26ClN3O4S. The van der Waals surface area contributed by atoms with Crippen LogP contribution in [0.25, 0.3) is 0 Å². The number of hydrogen-bond donors (Lipinski definition) is 2. The van der Waals surface area contributed by atoms with Crippen molar-refractivity contribution in [2.75, 3.05) is 30.4 Å². The molecule has 1 aliphatic rings. The predicted octanol–water partition coefficient (Wildman–Crippen LogP) is 3.89. The molecule has 1 aliphatic heterocycles. The minimum absolute atomic E-state index is 0.0859. The van der Waals surface area contributed by atoms with E-state index in [2.05, 4.69) is 14.9 Å². The predicted molar refractivity (Wildman–Crippen MR) is 119 cm³/mol. The molecule has 0 spiro atoms. The maximum Gasteiger partial charge on any atom is 0.255 e. The molecule has 3 rings (SSSR count). The zero-order valence-corrected chi connectivity index (χ0v) is 18.8. The maximum atomic E-state index is 13.0. The molecule has 0 saturated carbocycles. The Morgan fingerprint density at radius 1 is 1.13 bits per heavy atom. The zero-order valence-electron chi connectivity index (χ0n) is 17.2. The van der Waals surface area contributed by atoms with E-state index < -0.39 is 15.9 Å². The van der Waals surface area contributed by atoms with Crippen LogP contribution in [0, 0.1) is 0 Å². The molecule has 7 nitrogen and oxygen atoms in total. The van der Waals surface area contributed by atoms with Crippen LogP contribution >= 0.6 is 11.6 Å². The molecule has 0 aliphatic carbocycles. The van der Waals surface area contributed by atoms with E-state index >= 15 is 0 Å². The van der Waals surface area contributed by atoms with Gasteiger partial charge in [-0.15, -0.1) is 0 Å². The highest BCUT2D eigenvalue weighted by Crippen LogP contribution is 2.32. The number of sulfonamides is 1. The summed E-state index contributed by atoms with van der Waals surface area (Å²) in [5.74, 6) is -0.262. The fraction of sp³-hybridized carbons (Fsp3) is 0.381. The van der Waals surface area contributed by atoms with Crippen LogP contribution in [0.4, 0.5) is 11.4 Å². The molecule has 0 bridgehead atoms. The lowest BCUT2D eigenvalue weighted by Gasteiger charge is -2.22. The highest BCUT2D eigenvalue weighted by Gasteiger charge is 2.23. The van der Waals surface area contributed by atoms with E-state index in [-0.39, 0.29) is 22.3 Å². The number of benzene rings is 2. The van der Waals surface area contributed by atoms with Crippen molar-refractivity contribution in [3.8, 4) is 5.75 Å². The number of methoxy groups -OCH3 is 1. The first-order chi connectivity index (χ1) is 14.2. The summed E-state index contributed by atoms with van der Waals surface area (Å²) >= 11 is 6.15. The summed E-state index contributed by atoms with van der Waals surface area (Å²) in [4.78, 5) is 15.1. The smallest absolute Gasteiger partial charge is 0.255 e. The second kappa shape index (κ2) is 9.24. The Balaban J connectivity index is 1.93. The summed E-state index contributed by atoms with van der Waals surface area (Å²) in [5.41, 5.74) is 1.69.